The molecule has 2 aromatic rings. The maximum absolute atomic E-state index is 12.5. The number of fused-ring (bicyclic) bond motifs is 2. The Morgan fingerprint density at radius 2 is 1.81 bits per heavy atom. The normalized spacial score (nSPS) is 17.9. The minimum absolute atomic E-state index is 0.134. The third-order valence-corrected chi connectivity index (χ3v) is 3.95. The Labute approximate surface area is 122 Å². The van der Waals surface area contributed by atoms with Crippen LogP contribution in [0.15, 0.2) is 48.0 Å². The van der Waals surface area contributed by atoms with Crippen LogP contribution in [0, 0.1) is 0 Å². The van der Waals surface area contributed by atoms with Crippen LogP contribution in [0.4, 0.5) is 0 Å². The molecule has 0 saturated heterocycles. The van der Waals surface area contributed by atoms with Gasteiger partial charge in [-0.05, 0) is 42.2 Å². The summed E-state index contributed by atoms with van der Waals surface area (Å²) in [5, 5.41) is 0. The van der Waals surface area contributed by atoms with Gasteiger partial charge in [0.2, 0.25) is 6.79 Å². The lowest BCUT2D eigenvalue weighted by molar-refractivity contribution is 0.102. The van der Waals surface area contributed by atoms with Gasteiger partial charge in [-0.1, -0.05) is 30.3 Å². The third kappa shape index (κ3) is 2.11. The van der Waals surface area contributed by atoms with E-state index in [1.54, 1.807) is 0 Å². The van der Waals surface area contributed by atoms with Crippen LogP contribution >= 0.6 is 0 Å². The highest BCUT2D eigenvalue weighted by Gasteiger charge is 2.21. The summed E-state index contributed by atoms with van der Waals surface area (Å²) in [5.74, 6) is 1.64. The fourth-order valence-corrected chi connectivity index (χ4v) is 2.86. The van der Waals surface area contributed by atoms with Crippen LogP contribution in [-0.2, 0) is 6.42 Å². The number of hydrogen-bond donors (Lipinski definition) is 0. The molecule has 2 aliphatic rings. The number of ketones is 1. The Morgan fingerprint density at radius 3 is 2.76 bits per heavy atom. The molecular weight excluding hydrogens is 264 g/mol. The zero-order valence-corrected chi connectivity index (χ0v) is 11.5. The second-order valence-corrected chi connectivity index (χ2v) is 5.27. The van der Waals surface area contributed by atoms with Crippen LogP contribution in [0.2, 0.25) is 0 Å². The molecule has 2 aromatic carbocycles. The van der Waals surface area contributed by atoms with Crippen molar-refractivity contribution < 1.29 is 14.3 Å². The Bertz CT molecular complexity index is 759. The topological polar surface area (TPSA) is 35.5 Å². The molecule has 104 valence electrons. The number of ether oxygens (including phenoxy) is 2. The standard InChI is InChI=1S/C18H14O3/c19-18-14(7-6-13-3-1-2-4-15(13)18)9-12-5-8-16-17(10-12)21-11-20-16/h1-5,8-10H,6-7,11H2/b14-9+. The van der Waals surface area contributed by atoms with Gasteiger partial charge in [-0.2, -0.15) is 0 Å². The molecule has 0 radical (unpaired) electrons. The Balaban J connectivity index is 1.69. The molecule has 0 fully saturated rings. The van der Waals surface area contributed by atoms with Gasteiger partial charge in [-0.15, -0.1) is 0 Å². The van der Waals surface area contributed by atoms with Gasteiger partial charge in [0.05, 0.1) is 0 Å². The number of rotatable bonds is 1. The molecule has 0 bridgehead atoms. The van der Waals surface area contributed by atoms with Crippen molar-refractivity contribution in [2.75, 3.05) is 6.79 Å². The molecule has 0 spiro atoms. The molecule has 4 rings (SSSR count). The number of Topliss-reactive ketones (excluding diaryl/α,β-unsaturated/α-hetero) is 1. The number of aryl methyl sites for hydroxylation is 1. The SMILES string of the molecule is O=C1/C(=C/c2ccc3c(c2)OCO3)CCc2ccccc21. The average Bonchev–Trinajstić information content (AvgIpc) is 2.98. The van der Waals surface area contributed by atoms with E-state index < -0.39 is 0 Å². The molecule has 0 atom stereocenters. The van der Waals surface area contributed by atoms with Gasteiger partial charge in [-0.3, -0.25) is 4.79 Å². The van der Waals surface area contributed by atoms with Crippen molar-refractivity contribution in [2.45, 2.75) is 12.8 Å². The Kier molecular flexibility index (Phi) is 2.78. The third-order valence-electron chi connectivity index (χ3n) is 3.95. The van der Waals surface area contributed by atoms with E-state index >= 15 is 0 Å². The molecule has 21 heavy (non-hydrogen) atoms. The van der Waals surface area contributed by atoms with E-state index in [2.05, 4.69) is 0 Å². The summed E-state index contributed by atoms with van der Waals surface area (Å²) in [6.45, 7) is 0.266. The maximum atomic E-state index is 12.5. The monoisotopic (exact) mass is 278 g/mol. The first kappa shape index (κ1) is 12.2. The molecule has 0 amide bonds. The first-order valence-electron chi connectivity index (χ1n) is 7.04. The highest BCUT2D eigenvalue weighted by Crippen LogP contribution is 2.34. The van der Waals surface area contributed by atoms with Gasteiger partial charge in [0.15, 0.2) is 17.3 Å². The van der Waals surface area contributed by atoms with Crippen molar-refractivity contribution in [1.82, 2.24) is 0 Å². The number of hydrogen-bond acceptors (Lipinski definition) is 3. The van der Waals surface area contributed by atoms with Crippen molar-refractivity contribution in [3.63, 3.8) is 0 Å². The molecule has 3 nitrogen and oxygen atoms in total. The zero-order valence-electron chi connectivity index (χ0n) is 11.5. The van der Waals surface area contributed by atoms with E-state index in [0.29, 0.717) is 0 Å². The summed E-state index contributed by atoms with van der Waals surface area (Å²) >= 11 is 0. The van der Waals surface area contributed by atoms with Crippen LogP contribution in [0.25, 0.3) is 6.08 Å². The van der Waals surface area contributed by atoms with Gasteiger partial charge in [0, 0.05) is 11.1 Å². The van der Waals surface area contributed by atoms with Crippen molar-refractivity contribution >= 4 is 11.9 Å². The number of carbonyl (C=O) groups is 1. The second kappa shape index (κ2) is 4.77. The lowest BCUT2D eigenvalue weighted by atomic mass is 9.86. The first-order chi connectivity index (χ1) is 10.3. The van der Waals surface area contributed by atoms with E-state index in [1.807, 2.05) is 48.5 Å². The maximum Gasteiger partial charge on any atom is 0.231 e. The van der Waals surface area contributed by atoms with Crippen LogP contribution in [0.5, 0.6) is 11.5 Å². The number of carbonyl (C=O) groups excluding carboxylic acids is 1. The largest absolute Gasteiger partial charge is 0.454 e. The zero-order chi connectivity index (χ0) is 14.2. The van der Waals surface area contributed by atoms with E-state index in [4.69, 9.17) is 9.47 Å². The van der Waals surface area contributed by atoms with E-state index in [-0.39, 0.29) is 12.6 Å². The van der Waals surface area contributed by atoms with Gasteiger partial charge in [0.25, 0.3) is 0 Å². The Morgan fingerprint density at radius 1 is 0.952 bits per heavy atom. The van der Waals surface area contributed by atoms with Crippen molar-refractivity contribution in [3.8, 4) is 11.5 Å². The van der Waals surface area contributed by atoms with E-state index in [1.165, 1.54) is 0 Å². The summed E-state index contributed by atoms with van der Waals surface area (Å²) in [4.78, 5) is 12.5. The molecule has 1 aliphatic carbocycles. The summed E-state index contributed by atoms with van der Waals surface area (Å²) in [7, 11) is 0. The van der Waals surface area contributed by atoms with Gasteiger partial charge >= 0.3 is 0 Å². The number of allylic oxidation sites excluding steroid dienone is 1. The van der Waals surface area contributed by atoms with Gasteiger partial charge in [0.1, 0.15) is 0 Å². The quantitative estimate of drug-likeness (QED) is 0.747. The lowest BCUT2D eigenvalue weighted by Crippen LogP contribution is -2.13. The highest BCUT2D eigenvalue weighted by atomic mass is 16.7. The average molecular weight is 278 g/mol. The molecule has 1 heterocycles. The molecule has 0 unspecified atom stereocenters. The molecule has 0 aromatic heterocycles. The summed E-state index contributed by atoms with van der Waals surface area (Å²) in [5.41, 5.74) is 3.80. The van der Waals surface area contributed by atoms with Gasteiger partial charge < -0.3 is 9.47 Å². The Hall–Kier alpha value is -2.55. The minimum atomic E-state index is 0.134. The van der Waals surface area contributed by atoms with Crippen LogP contribution in [0.1, 0.15) is 27.9 Å². The van der Waals surface area contributed by atoms with Crippen molar-refractivity contribution in [3.05, 3.63) is 64.7 Å². The number of benzene rings is 2. The van der Waals surface area contributed by atoms with Gasteiger partial charge in [-0.25, -0.2) is 0 Å². The molecule has 0 saturated carbocycles. The molecule has 3 heteroatoms. The van der Waals surface area contributed by atoms with Crippen molar-refractivity contribution in [1.29, 1.82) is 0 Å². The van der Waals surface area contributed by atoms with Crippen LogP contribution < -0.4 is 9.47 Å². The summed E-state index contributed by atoms with van der Waals surface area (Å²) in [6, 6.07) is 13.6. The molecular formula is C18H14O3. The van der Waals surface area contributed by atoms with E-state index in [0.717, 1.165) is 46.6 Å². The summed E-state index contributed by atoms with van der Waals surface area (Å²) < 4.78 is 10.7. The smallest absolute Gasteiger partial charge is 0.231 e. The summed E-state index contributed by atoms with van der Waals surface area (Å²) in [6.07, 6.45) is 3.66. The minimum Gasteiger partial charge on any atom is -0.454 e. The fraction of sp³-hybridized carbons (Fsp3) is 0.167. The molecule has 1 aliphatic heterocycles. The highest BCUT2D eigenvalue weighted by molar-refractivity contribution is 6.13. The van der Waals surface area contributed by atoms with E-state index in [9.17, 15) is 4.79 Å². The lowest BCUT2D eigenvalue weighted by Gasteiger charge is -2.17. The predicted molar refractivity (Wildman–Crippen MR) is 79.6 cm³/mol. The van der Waals surface area contributed by atoms with Crippen LogP contribution in [0.3, 0.4) is 0 Å². The fourth-order valence-electron chi connectivity index (χ4n) is 2.86. The second-order valence-electron chi connectivity index (χ2n) is 5.27. The first-order valence-corrected chi connectivity index (χ1v) is 7.04. The predicted octanol–water partition coefficient (Wildman–Crippen LogP) is 3.63. The van der Waals surface area contributed by atoms with Crippen LogP contribution in [-0.4, -0.2) is 12.6 Å². The molecule has 0 N–H and O–H groups in total. The van der Waals surface area contributed by atoms with Crippen molar-refractivity contribution in [2.24, 2.45) is 0 Å².